The second-order valence-corrected chi connectivity index (χ2v) is 4.73. The fraction of sp³-hybridized carbons (Fsp3) is 0.286. The van der Waals surface area contributed by atoms with E-state index < -0.39 is 5.97 Å². The van der Waals surface area contributed by atoms with Crippen molar-refractivity contribution in [1.82, 2.24) is 14.7 Å². The molecule has 0 radical (unpaired) electrons. The van der Waals surface area contributed by atoms with Gasteiger partial charge in [-0.05, 0) is 30.2 Å². The summed E-state index contributed by atoms with van der Waals surface area (Å²) in [7, 11) is 0. The third kappa shape index (κ3) is 2.37. The molecule has 0 amide bonds. The van der Waals surface area contributed by atoms with Crippen molar-refractivity contribution in [2.24, 2.45) is 0 Å². The van der Waals surface area contributed by atoms with Gasteiger partial charge in [0.15, 0.2) is 0 Å². The highest BCUT2D eigenvalue weighted by Crippen LogP contribution is 2.21. The maximum absolute atomic E-state index is 11.0. The lowest BCUT2D eigenvalue weighted by Crippen LogP contribution is -2.51. The van der Waals surface area contributed by atoms with Crippen LogP contribution in [0.25, 0.3) is 5.69 Å². The van der Waals surface area contributed by atoms with Crippen molar-refractivity contribution < 1.29 is 9.90 Å². The summed E-state index contributed by atoms with van der Waals surface area (Å²) in [4.78, 5) is 13.0. The smallest absolute Gasteiger partial charge is 0.320 e. The lowest BCUT2D eigenvalue weighted by atomic mass is 10.0. The number of rotatable bonds is 4. The van der Waals surface area contributed by atoms with Crippen LogP contribution in [-0.2, 0) is 11.3 Å². The van der Waals surface area contributed by atoms with Crippen LogP contribution in [-0.4, -0.2) is 38.3 Å². The van der Waals surface area contributed by atoms with Crippen molar-refractivity contribution in [3.8, 4) is 5.69 Å². The minimum absolute atomic E-state index is 0.326. The predicted octanol–water partition coefficient (Wildman–Crippen LogP) is 1.53. The second-order valence-electron chi connectivity index (χ2n) is 4.73. The summed E-state index contributed by atoms with van der Waals surface area (Å²) in [5, 5.41) is 13.2. The number of carboxylic acids is 1. The molecule has 1 aliphatic rings. The Balaban J connectivity index is 1.75. The minimum Gasteiger partial charge on any atom is -0.480 e. The van der Waals surface area contributed by atoms with Crippen LogP contribution in [0.4, 0.5) is 0 Å². The van der Waals surface area contributed by atoms with Crippen molar-refractivity contribution in [3.63, 3.8) is 0 Å². The number of benzene rings is 1. The number of hydrogen-bond donors (Lipinski definition) is 1. The molecule has 0 aliphatic carbocycles. The number of nitrogens with zero attached hydrogens (tertiary/aromatic N) is 3. The summed E-state index contributed by atoms with van der Waals surface area (Å²) < 4.78 is 1.80. The van der Waals surface area contributed by atoms with E-state index in [-0.39, 0.29) is 6.04 Å². The molecule has 1 fully saturated rings. The molecular formula is C14H15N3O2. The Hall–Kier alpha value is -2.14. The molecule has 19 heavy (non-hydrogen) atoms. The summed E-state index contributed by atoms with van der Waals surface area (Å²) in [6.07, 6.45) is 4.37. The first-order valence-corrected chi connectivity index (χ1v) is 6.30. The number of aliphatic carboxylic acids is 1. The predicted molar refractivity (Wildman–Crippen MR) is 70.0 cm³/mol. The van der Waals surface area contributed by atoms with E-state index in [0.29, 0.717) is 6.54 Å². The summed E-state index contributed by atoms with van der Waals surface area (Å²) in [6.45, 7) is 1.52. The summed E-state index contributed by atoms with van der Waals surface area (Å²) in [5.41, 5.74) is 2.11. The van der Waals surface area contributed by atoms with Crippen LogP contribution in [0.1, 0.15) is 12.0 Å². The Bertz CT molecular complexity index is 580. The van der Waals surface area contributed by atoms with Crippen molar-refractivity contribution in [3.05, 3.63) is 48.3 Å². The van der Waals surface area contributed by atoms with Gasteiger partial charge in [-0.2, -0.15) is 5.10 Å². The largest absolute Gasteiger partial charge is 0.480 e. The molecular weight excluding hydrogens is 242 g/mol. The van der Waals surface area contributed by atoms with Gasteiger partial charge >= 0.3 is 5.97 Å². The molecule has 3 rings (SSSR count). The van der Waals surface area contributed by atoms with Crippen LogP contribution in [0, 0.1) is 0 Å². The van der Waals surface area contributed by atoms with Crippen molar-refractivity contribution >= 4 is 5.97 Å². The summed E-state index contributed by atoms with van der Waals surface area (Å²) in [6, 6.07) is 9.58. The molecule has 1 N–H and O–H groups in total. The Morgan fingerprint density at radius 3 is 2.95 bits per heavy atom. The van der Waals surface area contributed by atoms with E-state index in [4.69, 9.17) is 5.11 Å². The molecule has 1 aliphatic heterocycles. The van der Waals surface area contributed by atoms with Crippen LogP contribution in [0.2, 0.25) is 0 Å². The first-order valence-electron chi connectivity index (χ1n) is 6.30. The molecule has 98 valence electrons. The zero-order chi connectivity index (χ0) is 13.2. The van der Waals surface area contributed by atoms with Crippen molar-refractivity contribution in [2.75, 3.05) is 6.54 Å². The molecule has 1 unspecified atom stereocenters. The van der Waals surface area contributed by atoms with E-state index >= 15 is 0 Å². The van der Waals surface area contributed by atoms with E-state index in [1.54, 1.807) is 10.9 Å². The van der Waals surface area contributed by atoms with Crippen molar-refractivity contribution in [2.45, 2.75) is 19.0 Å². The van der Waals surface area contributed by atoms with Gasteiger partial charge in [-0.25, -0.2) is 4.68 Å². The maximum atomic E-state index is 11.0. The van der Waals surface area contributed by atoms with Crippen molar-refractivity contribution in [1.29, 1.82) is 0 Å². The number of carbonyl (C=O) groups is 1. The van der Waals surface area contributed by atoms with E-state index in [2.05, 4.69) is 5.10 Å². The van der Waals surface area contributed by atoms with Crippen LogP contribution in [0.5, 0.6) is 0 Å². The van der Waals surface area contributed by atoms with Gasteiger partial charge < -0.3 is 5.11 Å². The normalized spacial score (nSPS) is 19.1. The van der Waals surface area contributed by atoms with E-state index in [1.807, 2.05) is 41.4 Å². The number of carboxylic acid groups (broad SMARTS) is 1. The lowest BCUT2D eigenvalue weighted by Gasteiger charge is -2.37. The van der Waals surface area contributed by atoms with E-state index in [9.17, 15) is 4.79 Å². The number of likely N-dealkylation sites (tertiary alicyclic amines) is 1. The summed E-state index contributed by atoms with van der Waals surface area (Å²) >= 11 is 0. The average Bonchev–Trinajstić information content (AvgIpc) is 2.88. The fourth-order valence-electron chi connectivity index (χ4n) is 2.36. The van der Waals surface area contributed by atoms with Gasteiger partial charge in [0, 0.05) is 25.5 Å². The maximum Gasteiger partial charge on any atom is 0.320 e. The van der Waals surface area contributed by atoms with Crippen LogP contribution in [0.15, 0.2) is 42.7 Å². The number of aromatic nitrogens is 2. The van der Waals surface area contributed by atoms with Gasteiger partial charge in [-0.1, -0.05) is 12.1 Å². The first kappa shape index (κ1) is 11.9. The lowest BCUT2D eigenvalue weighted by molar-refractivity contribution is -0.148. The molecule has 0 spiro atoms. The number of hydrogen-bond acceptors (Lipinski definition) is 3. The highest BCUT2D eigenvalue weighted by atomic mass is 16.4. The highest BCUT2D eigenvalue weighted by Gasteiger charge is 2.33. The fourth-order valence-corrected chi connectivity index (χ4v) is 2.36. The molecule has 2 heterocycles. The first-order chi connectivity index (χ1) is 9.24. The van der Waals surface area contributed by atoms with Crippen LogP contribution >= 0.6 is 0 Å². The molecule has 1 aromatic carbocycles. The molecule has 1 aromatic heterocycles. The minimum atomic E-state index is -0.727. The monoisotopic (exact) mass is 257 g/mol. The molecule has 0 saturated carbocycles. The average molecular weight is 257 g/mol. The third-order valence-corrected chi connectivity index (χ3v) is 3.48. The van der Waals surface area contributed by atoms with E-state index in [0.717, 1.165) is 24.2 Å². The Labute approximate surface area is 111 Å². The zero-order valence-electron chi connectivity index (χ0n) is 10.4. The van der Waals surface area contributed by atoms with Gasteiger partial charge in [0.25, 0.3) is 0 Å². The van der Waals surface area contributed by atoms with Gasteiger partial charge in [0.05, 0.1) is 5.69 Å². The molecule has 2 aromatic rings. The van der Waals surface area contributed by atoms with Gasteiger partial charge in [0.1, 0.15) is 6.04 Å². The molecule has 5 nitrogen and oxygen atoms in total. The van der Waals surface area contributed by atoms with Gasteiger partial charge in [-0.3, -0.25) is 9.69 Å². The Kier molecular flexibility index (Phi) is 3.05. The zero-order valence-corrected chi connectivity index (χ0v) is 10.4. The summed E-state index contributed by atoms with van der Waals surface area (Å²) in [5.74, 6) is -0.727. The molecule has 5 heteroatoms. The van der Waals surface area contributed by atoms with E-state index in [1.165, 1.54) is 0 Å². The molecule has 0 bridgehead atoms. The molecule has 1 saturated heterocycles. The quantitative estimate of drug-likeness (QED) is 0.902. The SMILES string of the molecule is O=C(O)C1CCN1Cc1cccc(-n2cccn2)c1. The topological polar surface area (TPSA) is 58.4 Å². The Morgan fingerprint density at radius 2 is 2.32 bits per heavy atom. The highest BCUT2D eigenvalue weighted by molar-refractivity contribution is 5.74. The van der Waals surface area contributed by atoms with Gasteiger partial charge in [-0.15, -0.1) is 0 Å². The Morgan fingerprint density at radius 1 is 1.42 bits per heavy atom. The van der Waals surface area contributed by atoms with Gasteiger partial charge in [0.2, 0.25) is 0 Å². The second kappa shape index (κ2) is 4.85. The van der Waals surface area contributed by atoms with Crippen LogP contribution in [0.3, 0.4) is 0 Å². The van der Waals surface area contributed by atoms with Crippen LogP contribution < -0.4 is 0 Å². The third-order valence-electron chi connectivity index (χ3n) is 3.48. The standard InChI is InChI=1S/C14H15N3O2/c18-14(19)13-5-8-16(13)10-11-3-1-4-12(9-11)17-7-2-6-15-17/h1-4,6-7,9,13H,5,8,10H2,(H,18,19). The molecule has 1 atom stereocenters.